The van der Waals surface area contributed by atoms with E-state index in [1.54, 1.807) is 0 Å². The summed E-state index contributed by atoms with van der Waals surface area (Å²) in [5.74, 6) is 0.0250. The molecule has 0 saturated carbocycles. The van der Waals surface area contributed by atoms with Crippen LogP contribution in [0.4, 0.5) is 5.69 Å². The lowest BCUT2D eigenvalue weighted by atomic mass is 10.2. The number of amides is 1. The predicted octanol–water partition coefficient (Wildman–Crippen LogP) is 1.40. The minimum Gasteiger partial charge on any atom is -0.368 e. The number of nitrogens with zero attached hydrogens (tertiary/aromatic N) is 3. The minimum atomic E-state index is -3.28. The number of carbonyl (C=O) groups is 1. The van der Waals surface area contributed by atoms with Gasteiger partial charge in [-0.1, -0.05) is 18.2 Å². The third kappa shape index (κ3) is 4.95. The Kier molecular flexibility index (Phi) is 6.23. The van der Waals surface area contributed by atoms with E-state index in [1.165, 1.54) is 16.2 Å². The van der Waals surface area contributed by atoms with Gasteiger partial charge in [0.1, 0.15) is 0 Å². The molecule has 2 rings (SSSR count). The zero-order valence-corrected chi connectivity index (χ0v) is 15.5. The molecule has 24 heavy (non-hydrogen) atoms. The third-order valence-corrected chi connectivity index (χ3v) is 5.76. The summed E-state index contributed by atoms with van der Waals surface area (Å²) in [5, 5.41) is 0. The minimum absolute atomic E-state index is 0.0250. The normalized spacial score (nSPS) is 16.0. The first-order valence-corrected chi connectivity index (χ1v) is 10.2. The van der Waals surface area contributed by atoms with Crippen LogP contribution in [-0.2, 0) is 14.8 Å². The second kappa shape index (κ2) is 7.98. The van der Waals surface area contributed by atoms with Crippen LogP contribution in [0.3, 0.4) is 0 Å². The molecule has 0 spiro atoms. The molecule has 0 N–H and O–H groups in total. The summed E-state index contributed by atoms with van der Waals surface area (Å²) in [6.45, 7) is 6.84. The van der Waals surface area contributed by atoms with Gasteiger partial charge in [0, 0.05) is 50.9 Å². The second-order valence-corrected chi connectivity index (χ2v) is 8.36. The Morgan fingerprint density at radius 2 is 1.71 bits per heavy atom. The maximum atomic E-state index is 12.4. The number of piperazine rings is 1. The van der Waals surface area contributed by atoms with Crippen molar-refractivity contribution in [3.63, 3.8) is 0 Å². The van der Waals surface area contributed by atoms with Crippen LogP contribution in [0.5, 0.6) is 0 Å². The van der Waals surface area contributed by atoms with Gasteiger partial charge in [-0.2, -0.15) is 4.31 Å². The number of anilines is 1. The smallest absolute Gasteiger partial charge is 0.224 e. The lowest BCUT2D eigenvalue weighted by Crippen LogP contribution is -2.49. The molecule has 1 heterocycles. The van der Waals surface area contributed by atoms with E-state index < -0.39 is 10.0 Å². The number of benzene rings is 1. The molecular weight excluding hydrogens is 326 g/mol. The fourth-order valence-electron chi connectivity index (χ4n) is 3.02. The Morgan fingerprint density at radius 1 is 1.12 bits per heavy atom. The average molecular weight is 353 g/mol. The Hall–Kier alpha value is -1.60. The second-order valence-electron chi connectivity index (χ2n) is 6.42. The molecule has 1 aromatic rings. The van der Waals surface area contributed by atoms with Gasteiger partial charge >= 0.3 is 0 Å². The highest BCUT2D eigenvalue weighted by atomic mass is 32.2. The first kappa shape index (κ1) is 18.7. The number of hydrogen-bond acceptors (Lipinski definition) is 4. The predicted molar refractivity (Wildman–Crippen MR) is 96.5 cm³/mol. The molecule has 0 aliphatic carbocycles. The Labute approximate surface area is 145 Å². The van der Waals surface area contributed by atoms with E-state index >= 15 is 0 Å². The summed E-state index contributed by atoms with van der Waals surface area (Å²) in [6.07, 6.45) is 1.42. The highest BCUT2D eigenvalue weighted by Gasteiger charge is 2.24. The quantitative estimate of drug-likeness (QED) is 0.775. The van der Waals surface area contributed by atoms with Gasteiger partial charge in [0.2, 0.25) is 15.9 Å². The molecule has 0 atom stereocenters. The number of carbonyl (C=O) groups excluding carboxylic acids is 1. The topological polar surface area (TPSA) is 60.9 Å². The van der Waals surface area contributed by atoms with Crippen LogP contribution in [0, 0.1) is 0 Å². The molecule has 0 unspecified atom stereocenters. The van der Waals surface area contributed by atoms with Gasteiger partial charge in [-0.3, -0.25) is 4.79 Å². The van der Waals surface area contributed by atoms with E-state index in [0.717, 1.165) is 13.1 Å². The Bertz CT molecular complexity index is 638. The summed E-state index contributed by atoms with van der Waals surface area (Å²) < 4.78 is 24.9. The molecule has 1 aromatic carbocycles. The Morgan fingerprint density at radius 3 is 2.21 bits per heavy atom. The molecule has 1 aliphatic rings. The largest absolute Gasteiger partial charge is 0.368 e. The van der Waals surface area contributed by atoms with E-state index in [4.69, 9.17) is 0 Å². The van der Waals surface area contributed by atoms with Gasteiger partial charge in [0.25, 0.3) is 0 Å². The van der Waals surface area contributed by atoms with E-state index in [0.29, 0.717) is 13.1 Å². The molecule has 0 radical (unpaired) electrons. The SMILES string of the molecule is CC(C)N(CCC(=O)N1CCN(c2ccccc2)CC1)S(C)(=O)=O. The van der Waals surface area contributed by atoms with Crippen LogP contribution in [0.15, 0.2) is 30.3 Å². The first-order chi connectivity index (χ1) is 11.3. The number of sulfonamides is 1. The number of rotatable bonds is 6. The molecule has 0 bridgehead atoms. The zero-order valence-electron chi connectivity index (χ0n) is 14.7. The molecule has 1 amide bonds. The van der Waals surface area contributed by atoms with Crippen molar-refractivity contribution < 1.29 is 13.2 Å². The van der Waals surface area contributed by atoms with Crippen molar-refractivity contribution in [3.05, 3.63) is 30.3 Å². The maximum absolute atomic E-state index is 12.4. The highest BCUT2D eigenvalue weighted by molar-refractivity contribution is 7.88. The summed E-state index contributed by atoms with van der Waals surface area (Å²) in [7, 11) is -3.28. The summed E-state index contributed by atoms with van der Waals surface area (Å²) in [5.41, 5.74) is 1.17. The third-order valence-electron chi connectivity index (χ3n) is 4.30. The first-order valence-electron chi connectivity index (χ1n) is 8.33. The lowest BCUT2D eigenvalue weighted by molar-refractivity contribution is -0.131. The van der Waals surface area contributed by atoms with Crippen molar-refractivity contribution in [2.75, 3.05) is 43.9 Å². The standard InChI is InChI=1S/C17H27N3O3S/c1-15(2)20(24(3,22)23)10-9-17(21)19-13-11-18(12-14-19)16-7-5-4-6-8-16/h4-8,15H,9-14H2,1-3H3. The number of hydrogen-bond donors (Lipinski definition) is 0. The van der Waals surface area contributed by atoms with Crippen LogP contribution in [0.1, 0.15) is 20.3 Å². The van der Waals surface area contributed by atoms with Crippen LogP contribution < -0.4 is 4.90 Å². The molecule has 1 fully saturated rings. The van der Waals surface area contributed by atoms with Crippen LogP contribution in [-0.4, -0.2) is 68.6 Å². The number of para-hydroxylation sites is 1. The fourth-order valence-corrected chi connectivity index (χ4v) is 4.21. The van der Waals surface area contributed by atoms with E-state index in [-0.39, 0.29) is 24.9 Å². The van der Waals surface area contributed by atoms with Gasteiger partial charge in [-0.05, 0) is 26.0 Å². The van der Waals surface area contributed by atoms with Crippen molar-refractivity contribution in [1.29, 1.82) is 0 Å². The van der Waals surface area contributed by atoms with E-state index in [9.17, 15) is 13.2 Å². The molecule has 0 aromatic heterocycles. The van der Waals surface area contributed by atoms with Crippen molar-refractivity contribution in [2.24, 2.45) is 0 Å². The van der Waals surface area contributed by atoms with Crippen molar-refractivity contribution >= 4 is 21.6 Å². The molecule has 134 valence electrons. The fraction of sp³-hybridized carbons (Fsp3) is 0.588. The summed E-state index contributed by atoms with van der Waals surface area (Å²) >= 11 is 0. The van der Waals surface area contributed by atoms with Crippen LogP contribution >= 0.6 is 0 Å². The highest BCUT2D eigenvalue weighted by Crippen LogP contribution is 2.16. The van der Waals surface area contributed by atoms with Crippen LogP contribution in [0.25, 0.3) is 0 Å². The molecule has 1 aliphatic heterocycles. The van der Waals surface area contributed by atoms with E-state index in [2.05, 4.69) is 17.0 Å². The van der Waals surface area contributed by atoms with Gasteiger partial charge in [0.05, 0.1) is 6.26 Å². The van der Waals surface area contributed by atoms with Crippen molar-refractivity contribution in [2.45, 2.75) is 26.3 Å². The molecule has 6 nitrogen and oxygen atoms in total. The van der Waals surface area contributed by atoms with Gasteiger partial charge in [-0.15, -0.1) is 0 Å². The summed E-state index contributed by atoms with van der Waals surface area (Å²) in [4.78, 5) is 16.5. The van der Waals surface area contributed by atoms with Crippen molar-refractivity contribution in [3.8, 4) is 0 Å². The Balaban J connectivity index is 1.85. The van der Waals surface area contributed by atoms with Gasteiger partial charge in [-0.25, -0.2) is 8.42 Å². The average Bonchev–Trinajstić information content (AvgIpc) is 2.54. The van der Waals surface area contributed by atoms with Crippen molar-refractivity contribution in [1.82, 2.24) is 9.21 Å². The summed E-state index contributed by atoms with van der Waals surface area (Å²) in [6, 6.07) is 10.0. The maximum Gasteiger partial charge on any atom is 0.224 e. The lowest BCUT2D eigenvalue weighted by Gasteiger charge is -2.36. The molecular formula is C17H27N3O3S. The van der Waals surface area contributed by atoms with E-state index in [1.807, 2.05) is 36.9 Å². The van der Waals surface area contributed by atoms with Gasteiger partial charge in [0.15, 0.2) is 0 Å². The monoisotopic (exact) mass is 353 g/mol. The van der Waals surface area contributed by atoms with Crippen LogP contribution in [0.2, 0.25) is 0 Å². The molecule has 1 saturated heterocycles. The van der Waals surface area contributed by atoms with Gasteiger partial charge < -0.3 is 9.80 Å². The zero-order chi connectivity index (χ0) is 17.7. The molecule has 7 heteroatoms.